The lowest BCUT2D eigenvalue weighted by atomic mass is 10.2. The number of aliphatic hydroxyl groups excluding tert-OH is 1. The number of aromatic nitrogens is 2. The minimum absolute atomic E-state index is 0.0477. The molecule has 10 nitrogen and oxygen atoms in total. The molecule has 22 heavy (non-hydrogen) atoms. The van der Waals surface area contributed by atoms with Crippen LogP contribution < -0.4 is 11.2 Å². The molecule has 0 amide bonds. The summed E-state index contributed by atoms with van der Waals surface area (Å²) in [6.45, 7) is 1.00. The number of phosphoric acid groups is 1. The summed E-state index contributed by atoms with van der Waals surface area (Å²) in [4.78, 5) is 41.5. The molecule has 0 bridgehead atoms. The number of hydrogen-bond donors (Lipinski definition) is 3. The molecular weight excluding hydrogens is 319 g/mol. The fraction of sp³-hybridized carbons (Fsp3) is 0.636. The van der Waals surface area contributed by atoms with Crippen molar-refractivity contribution >= 4 is 7.82 Å². The van der Waals surface area contributed by atoms with Gasteiger partial charge >= 0.3 is 13.5 Å². The van der Waals surface area contributed by atoms with Crippen molar-refractivity contribution in [3.8, 4) is 0 Å². The first-order valence-electron chi connectivity index (χ1n) is 6.43. The van der Waals surface area contributed by atoms with E-state index in [0.29, 0.717) is 5.56 Å². The Bertz CT molecular complexity index is 720. The van der Waals surface area contributed by atoms with Gasteiger partial charge in [0.25, 0.3) is 5.56 Å². The summed E-state index contributed by atoms with van der Waals surface area (Å²) < 4.78 is 23.0. The second-order valence-corrected chi connectivity index (χ2v) is 6.24. The third kappa shape index (κ3) is 3.37. The van der Waals surface area contributed by atoms with E-state index < -0.39 is 44.1 Å². The number of aliphatic hydroxyl groups is 1. The van der Waals surface area contributed by atoms with E-state index in [9.17, 15) is 19.3 Å². The molecule has 2 rings (SSSR count). The molecule has 0 aromatic carbocycles. The molecule has 1 aliphatic heterocycles. The van der Waals surface area contributed by atoms with Crippen LogP contribution in [0, 0.1) is 6.92 Å². The Kier molecular flexibility index (Phi) is 4.71. The SMILES string of the molecule is Cc1cn([C@H]2C[C@H](OP(=O)(O)O)[C@@H](CO)O2)c(=O)n(C)c1=O. The van der Waals surface area contributed by atoms with Gasteiger partial charge in [-0.1, -0.05) is 0 Å². The molecule has 1 fully saturated rings. The Morgan fingerprint density at radius 1 is 1.45 bits per heavy atom. The smallest absolute Gasteiger partial charge is 0.394 e. The van der Waals surface area contributed by atoms with Crippen LogP contribution in [0.1, 0.15) is 18.2 Å². The van der Waals surface area contributed by atoms with Crippen LogP contribution in [-0.2, 0) is 20.9 Å². The zero-order valence-corrected chi connectivity index (χ0v) is 12.8. The predicted molar refractivity (Wildman–Crippen MR) is 73.2 cm³/mol. The molecular formula is C11H17N2O8P. The van der Waals surface area contributed by atoms with E-state index in [4.69, 9.17) is 14.5 Å². The van der Waals surface area contributed by atoms with Crippen molar-refractivity contribution < 1.29 is 28.7 Å². The molecule has 2 heterocycles. The van der Waals surface area contributed by atoms with Gasteiger partial charge in [-0.3, -0.25) is 18.5 Å². The topological polar surface area (TPSA) is 140 Å². The van der Waals surface area contributed by atoms with Crippen LogP contribution in [0.4, 0.5) is 0 Å². The fourth-order valence-electron chi connectivity index (χ4n) is 2.37. The van der Waals surface area contributed by atoms with Crippen molar-refractivity contribution in [3.63, 3.8) is 0 Å². The lowest BCUT2D eigenvalue weighted by Gasteiger charge is -2.16. The van der Waals surface area contributed by atoms with E-state index in [0.717, 1.165) is 9.13 Å². The number of hydrogen-bond acceptors (Lipinski definition) is 6. The summed E-state index contributed by atoms with van der Waals surface area (Å²) in [7, 11) is -3.44. The number of aryl methyl sites for hydroxylation is 1. The van der Waals surface area contributed by atoms with Crippen molar-refractivity contribution in [2.24, 2.45) is 7.05 Å². The Balaban J connectivity index is 2.34. The van der Waals surface area contributed by atoms with Gasteiger partial charge in [0.05, 0.1) is 6.61 Å². The highest BCUT2D eigenvalue weighted by atomic mass is 31.2. The number of phosphoric ester groups is 1. The average molecular weight is 336 g/mol. The van der Waals surface area contributed by atoms with Gasteiger partial charge in [-0.05, 0) is 6.92 Å². The van der Waals surface area contributed by atoms with Gasteiger partial charge in [0, 0.05) is 25.2 Å². The van der Waals surface area contributed by atoms with Crippen LogP contribution in [0.25, 0.3) is 0 Å². The number of ether oxygens (including phenoxy) is 1. The van der Waals surface area contributed by atoms with Crippen molar-refractivity contribution in [1.29, 1.82) is 0 Å². The molecule has 124 valence electrons. The second kappa shape index (κ2) is 6.07. The summed E-state index contributed by atoms with van der Waals surface area (Å²) in [6.07, 6.45) is -1.69. The van der Waals surface area contributed by atoms with Crippen molar-refractivity contribution in [3.05, 3.63) is 32.6 Å². The molecule has 3 atom stereocenters. The molecule has 1 aromatic rings. The predicted octanol–water partition coefficient (Wildman–Crippen LogP) is -1.39. The Morgan fingerprint density at radius 3 is 2.64 bits per heavy atom. The maximum absolute atomic E-state index is 12.1. The van der Waals surface area contributed by atoms with E-state index in [-0.39, 0.29) is 6.42 Å². The molecule has 0 spiro atoms. The molecule has 0 aliphatic carbocycles. The van der Waals surface area contributed by atoms with Gasteiger partial charge in [0.2, 0.25) is 0 Å². The van der Waals surface area contributed by atoms with E-state index in [1.807, 2.05) is 0 Å². The molecule has 1 aromatic heterocycles. The van der Waals surface area contributed by atoms with Crippen molar-refractivity contribution in [2.45, 2.75) is 31.8 Å². The highest BCUT2D eigenvalue weighted by Crippen LogP contribution is 2.43. The molecule has 1 saturated heterocycles. The van der Waals surface area contributed by atoms with E-state index >= 15 is 0 Å². The maximum atomic E-state index is 12.1. The van der Waals surface area contributed by atoms with Gasteiger partial charge in [-0.15, -0.1) is 0 Å². The third-order valence-corrected chi connectivity index (χ3v) is 3.97. The van der Waals surface area contributed by atoms with Crippen LogP contribution in [0.5, 0.6) is 0 Å². The van der Waals surface area contributed by atoms with Crippen LogP contribution >= 0.6 is 7.82 Å². The Morgan fingerprint density at radius 2 is 2.09 bits per heavy atom. The largest absolute Gasteiger partial charge is 0.469 e. The molecule has 0 unspecified atom stereocenters. The van der Waals surface area contributed by atoms with E-state index in [1.54, 1.807) is 0 Å². The van der Waals surface area contributed by atoms with Gasteiger partial charge in [0.1, 0.15) is 18.4 Å². The van der Waals surface area contributed by atoms with Gasteiger partial charge < -0.3 is 19.6 Å². The standard InChI is InChI=1S/C11H17N2O8P/c1-6-4-13(11(16)12(2)10(6)15)9-3-7(8(5-14)20-9)21-22(17,18)19/h4,7-9,14H,3,5H2,1-2H3,(H2,17,18,19)/t7-,8+,9+/m0/s1. The lowest BCUT2D eigenvalue weighted by Crippen LogP contribution is -2.40. The van der Waals surface area contributed by atoms with Crippen LogP contribution in [0.15, 0.2) is 15.8 Å². The van der Waals surface area contributed by atoms with E-state index in [2.05, 4.69) is 4.52 Å². The summed E-state index contributed by atoms with van der Waals surface area (Å²) in [5, 5.41) is 9.22. The summed E-state index contributed by atoms with van der Waals surface area (Å²) in [6, 6.07) is 0. The minimum atomic E-state index is -4.76. The quantitative estimate of drug-likeness (QED) is 0.571. The first-order valence-corrected chi connectivity index (χ1v) is 7.96. The lowest BCUT2D eigenvalue weighted by molar-refractivity contribution is -0.0456. The first-order chi connectivity index (χ1) is 10.1. The maximum Gasteiger partial charge on any atom is 0.469 e. The highest BCUT2D eigenvalue weighted by Gasteiger charge is 2.40. The summed E-state index contributed by atoms with van der Waals surface area (Å²) >= 11 is 0. The molecule has 3 N–H and O–H groups in total. The van der Waals surface area contributed by atoms with Crippen LogP contribution in [-0.4, -0.2) is 42.8 Å². The minimum Gasteiger partial charge on any atom is -0.394 e. The van der Waals surface area contributed by atoms with E-state index in [1.165, 1.54) is 20.2 Å². The van der Waals surface area contributed by atoms with Crippen LogP contribution in [0.3, 0.4) is 0 Å². The third-order valence-electron chi connectivity index (χ3n) is 3.43. The molecule has 0 radical (unpaired) electrons. The first kappa shape index (κ1) is 17.1. The molecule has 0 saturated carbocycles. The summed E-state index contributed by atoms with van der Waals surface area (Å²) in [5.74, 6) is 0. The fourth-order valence-corrected chi connectivity index (χ4v) is 2.95. The molecule has 11 heteroatoms. The average Bonchev–Trinajstić information content (AvgIpc) is 2.81. The zero-order valence-electron chi connectivity index (χ0n) is 11.9. The summed E-state index contributed by atoms with van der Waals surface area (Å²) in [5.41, 5.74) is -0.763. The van der Waals surface area contributed by atoms with Gasteiger partial charge in [-0.25, -0.2) is 9.36 Å². The van der Waals surface area contributed by atoms with Gasteiger partial charge in [0.15, 0.2) is 0 Å². The Labute approximate surface area is 124 Å². The Hall–Kier alpha value is -1.29. The second-order valence-electron chi connectivity index (χ2n) is 5.05. The normalized spacial score (nSPS) is 25.6. The van der Waals surface area contributed by atoms with Crippen molar-refractivity contribution in [2.75, 3.05) is 6.61 Å². The van der Waals surface area contributed by atoms with Crippen LogP contribution in [0.2, 0.25) is 0 Å². The van der Waals surface area contributed by atoms with Crippen molar-refractivity contribution in [1.82, 2.24) is 9.13 Å². The highest BCUT2D eigenvalue weighted by molar-refractivity contribution is 7.46. The monoisotopic (exact) mass is 336 g/mol. The molecule has 1 aliphatic rings. The van der Waals surface area contributed by atoms with Gasteiger partial charge in [-0.2, -0.15) is 0 Å². The number of rotatable bonds is 4. The number of nitrogens with zero attached hydrogens (tertiary/aromatic N) is 2. The zero-order chi connectivity index (χ0) is 16.7.